The highest BCUT2D eigenvalue weighted by Crippen LogP contribution is 2.07. The molecule has 0 bridgehead atoms. The lowest BCUT2D eigenvalue weighted by atomic mass is 10.3. The first-order chi connectivity index (χ1) is 6.22. The van der Waals surface area contributed by atoms with Crippen LogP contribution in [0.4, 0.5) is 0 Å². The number of hydrogen-bond donors (Lipinski definition) is 1. The second-order valence-electron chi connectivity index (χ2n) is 2.17. The highest BCUT2D eigenvalue weighted by atomic mass is 32.2. The van der Waals surface area contributed by atoms with E-state index in [0.29, 0.717) is 10.7 Å². The second kappa shape index (κ2) is 4.61. The number of rotatable bonds is 3. The summed E-state index contributed by atoms with van der Waals surface area (Å²) in [6.07, 6.45) is 7.54. The topological polar surface area (TPSA) is 63.1 Å². The Morgan fingerprint density at radius 3 is 2.62 bits per heavy atom. The summed E-state index contributed by atoms with van der Waals surface area (Å²) in [5, 5.41) is 9.02. The smallest absolute Gasteiger partial charge is 0.328 e. The maximum atomic E-state index is 10.2. The van der Waals surface area contributed by atoms with Gasteiger partial charge in [0.2, 0.25) is 0 Å². The average molecular weight is 196 g/mol. The first-order valence-electron chi connectivity index (χ1n) is 3.49. The third kappa shape index (κ3) is 3.25. The van der Waals surface area contributed by atoms with E-state index in [2.05, 4.69) is 9.97 Å². The summed E-state index contributed by atoms with van der Waals surface area (Å²) in [5.74, 6) is -0.978. The van der Waals surface area contributed by atoms with Gasteiger partial charge in [-0.25, -0.2) is 14.8 Å². The molecule has 1 aromatic heterocycles. The number of aromatic nitrogens is 2. The highest BCUT2D eigenvalue weighted by Gasteiger charge is 1.93. The molecular formula is C8H8N2O2S. The maximum absolute atomic E-state index is 10.2. The molecule has 68 valence electrons. The summed E-state index contributed by atoms with van der Waals surface area (Å²) >= 11 is 1.44. The highest BCUT2D eigenvalue weighted by molar-refractivity contribution is 7.98. The van der Waals surface area contributed by atoms with Gasteiger partial charge in [-0.1, -0.05) is 11.8 Å². The summed E-state index contributed by atoms with van der Waals surface area (Å²) in [5.41, 5.74) is 0.681. The minimum atomic E-state index is -0.978. The third-order valence-electron chi connectivity index (χ3n) is 1.25. The number of hydrogen-bond acceptors (Lipinski definition) is 4. The molecule has 4 nitrogen and oxygen atoms in total. The molecule has 0 aromatic carbocycles. The predicted octanol–water partition coefficient (Wildman–Crippen LogP) is 1.30. The van der Waals surface area contributed by atoms with Gasteiger partial charge in [0.25, 0.3) is 0 Å². The average Bonchev–Trinajstić information content (AvgIpc) is 2.15. The van der Waals surface area contributed by atoms with E-state index in [1.54, 1.807) is 12.4 Å². The van der Waals surface area contributed by atoms with Gasteiger partial charge in [0.1, 0.15) is 0 Å². The van der Waals surface area contributed by atoms with Crippen molar-refractivity contribution in [2.75, 3.05) is 6.26 Å². The lowest BCUT2D eigenvalue weighted by Gasteiger charge is -1.93. The SMILES string of the molecule is CSc1ncc(/C=C/C(=O)O)cn1. The molecule has 1 rings (SSSR count). The molecule has 0 saturated carbocycles. The molecule has 0 aliphatic carbocycles. The molecule has 0 radical (unpaired) electrons. The Kier molecular flexibility index (Phi) is 3.45. The number of aliphatic carboxylic acids is 1. The number of carbonyl (C=O) groups is 1. The fourth-order valence-electron chi connectivity index (χ4n) is 0.685. The molecule has 0 aliphatic rings. The van der Waals surface area contributed by atoms with E-state index in [-0.39, 0.29) is 0 Å². The van der Waals surface area contributed by atoms with Crippen LogP contribution in [0.15, 0.2) is 23.6 Å². The molecule has 0 aliphatic heterocycles. The molecule has 0 atom stereocenters. The quantitative estimate of drug-likeness (QED) is 0.448. The Balaban J connectivity index is 2.75. The van der Waals surface area contributed by atoms with Gasteiger partial charge in [0.05, 0.1) is 0 Å². The van der Waals surface area contributed by atoms with Crippen LogP contribution in [0.25, 0.3) is 6.08 Å². The van der Waals surface area contributed by atoms with E-state index in [0.717, 1.165) is 6.08 Å². The zero-order valence-corrected chi connectivity index (χ0v) is 7.78. The second-order valence-corrected chi connectivity index (χ2v) is 2.95. The predicted molar refractivity (Wildman–Crippen MR) is 50.5 cm³/mol. The van der Waals surface area contributed by atoms with E-state index in [9.17, 15) is 4.79 Å². The Bertz CT molecular complexity index is 321. The van der Waals surface area contributed by atoms with Crippen LogP contribution in [0.1, 0.15) is 5.56 Å². The summed E-state index contributed by atoms with van der Waals surface area (Å²) in [6, 6.07) is 0. The van der Waals surface area contributed by atoms with Crippen molar-refractivity contribution in [1.82, 2.24) is 9.97 Å². The van der Waals surface area contributed by atoms with Crippen LogP contribution in [0.3, 0.4) is 0 Å². The molecule has 0 unspecified atom stereocenters. The third-order valence-corrected chi connectivity index (χ3v) is 1.83. The normalized spacial score (nSPS) is 10.5. The fourth-order valence-corrected chi connectivity index (χ4v) is 1.00. The van der Waals surface area contributed by atoms with Gasteiger partial charge in [-0.3, -0.25) is 0 Å². The van der Waals surface area contributed by atoms with Crippen LogP contribution in [0.2, 0.25) is 0 Å². The number of carboxylic acids is 1. The van der Waals surface area contributed by atoms with Crippen molar-refractivity contribution in [2.24, 2.45) is 0 Å². The zero-order valence-electron chi connectivity index (χ0n) is 6.97. The molecule has 0 amide bonds. The molecule has 1 N–H and O–H groups in total. The van der Waals surface area contributed by atoms with Crippen LogP contribution < -0.4 is 0 Å². The Labute approximate surface area is 79.7 Å². The Morgan fingerprint density at radius 1 is 1.54 bits per heavy atom. The van der Waals surface area contributed by atoms with Gasteiger partial charge in [0, 0.05) is 24.0 Å². The number of nitrogens with zero attached hydrogens (tertiary/aromatic N) is 2. The lowest BCUT2D eigenvalue weighted by molar-refractivity contribution is -0.131. The molecule has 0 fully saturated rings. The molecule has 5 heteroatoms. The maximum Gasteiger partial charge on any atom is 0.328 e. The first-order valence-corrected chi connectivity index (χ1v) is 4.72. The first kappa shape index (κ1) is 9.73. The summed E-state index contributed by atoms with van der Waals surface area (Å²) < 4.78 is 0. The Hall–Kier alpha value is -1.36. The van der Waals surface area contributed by atoms with E-state index in [1.165, 1.54) is 17.8 Å². The van der Waals surface area contributed by atoms with Gasteiger partial charge >= 0.3 is 5.97 Å². The van der Waals surface area contributed by atoms with Crippen molar-refractivity contribution in [3.63, 3.8) is 0 Å². The van der Waals surface area contributed by atoms with Gasteiger partial charge in [0.15, 0.2) is 5.16 Å². The van der Waals surface area contributed by atoms with Gasteiger partial charge in [-0.15, -0.1) is 0 Å². The standard InChI is InChI=1S/C8H8N2O2S/c1-13-8-9-4-6(5-10-8)2-3-7(11)12/h2-5H,1H3,(H,11,12)/b3-2+. The van der Waals surface area contributed by atoms with Gasteiger partial charge in [-0.05, 0) is 12.3 Å². The van der Waals surface area contributed by atoms with E-state index >= 15 is 0 Å². The molecule has 1 heterocycles. The van der Waals surface area contributed by atoms with Crippen molar-refractivity contribution in [1.29, 1.82) is 0 Å². The van der Waals surface area contributed by atoms with Crippen molar-refractivity contribution in [2.45, 2.75) is 5.16 Å². The van der Waals surface area contributed by atoms with E-state index in [1.807, 2.05) is 6.26 Å². The van der Waals surface area contributed by atoms with E-state index < -0.39 is 5.97 Å². The number of carboxylic acid groups (broad SMARTS) is 1. The molecule has 13 heavy (non-hydrogen) atoms. The summed E-state index contributed by atoms with van der Waals surface area (Å²) in [4.78, 5) is 18.1. The largest absolute Gasteiger partial charge is 0.478 e. The Morgan fingerprint density at radius 2 is 2.15 bits per heavy atom. The van der Waals surface area contributed by atoms with Crippen molar-refractivity contribution in [3.05, 3.63) is 24.0 Å². The van der Waals surface area contributed by atoms with Crippen molar-refractivity contribution < 1.29 is 9.90 Å². The fraction of sp³-hybridized carbons (Fsp3) is 0.125. The van der Waals surface area contributed by atoms with Gasteiger partial charge < -0.3 is 5.11 Å². The molecule has 0 spiro atoms. The van der Waals surface area contributed by atoms with Crippen molar-refractivity contribution >= 4 is 23.8 Å². The van der Waals surface area contributed by atoms with E-state index in [4.69, 9.17) is 5.11 Å². The van der Waals surface area contributed by atoms with Crippen LogP contribution in [0, 0.1) is 0 Å². The summed E-state index contributed by atoms with van der Waals surface area (Å²) in [7, 11) is 0. The summed E-state index contributed by atoms with van der Waals surface area (Å²) in [6.45, 7) is 0. The minimum Gasteiger partial charge on any atom is -0.478 e. The number of thioether (sulfide) groups is 1. The van der Waals surface area contributed by atoms with Crippen molar-refractivity contribution in [3.8, 4) is 0 Å². The van der Waals surface area contributed by atoms with Crippen LogP contribution in [-0.2, 0) is 4.79 Å². The van der Waals surface area contributed by atoms with Crippen LogP contribution in [-0.4, -0.2) is 27.3 Å². The zero-order chi connectivity index (χ0) is 9.68. The molecular weight excluding hydrogens is 188 g/mol. The molecule has 1 aromatic rings. The monoisotopic (exact) mass is 196 g/mol. The van der Waals surface area contributed by atoms with Crippen LogP contribution >= 0.6 is 11.8 Å². The van der Waals surface area contributed by atoms with Gasteiger partial charge in [-0.2, -0.15) is 0 Å². The lowest BCUT2D eigenvalue weighted by Crippen LogP contribution is -1.88. The molecule has 0 saturated heterocycles. The minimum absolute atomic E-state index is 0.674. The van der Waals surface area contributed by atoms with Crippen LogP contribution in [0.5, 0.6) is 0 Å².